The predicted octanol–water partition coefficient (Wildman–Crippen LogP) is 2.73. The molecule has 2 rings (SSSR count). The number of carboxylic acids is 1. The number of carbonyl (C=O) groups is 1. The number of hydrogen-bond donors (Lipinski definition) is 1. The van der Waals surface area contributed by atoms with Gasteiger partial charge < -0.3 is 14.6 Å². The topological polar surface area (TPSA) is 55.8 Å². The molecular weight excluding hydrogens is 232 g/mol. The van der Waals surface area contributed by atoms with E-state index in [9.17, 15) is 4.79 Å². The third-order valence-electron chi connectivity index (χ3n) is 2.64. The minimum absolute atomic E-state index is 0.214. The number of carboxylic acid groups (broad SMARTS) is 1. The van der Waals surface area contributed by atoms with Gasteiger partial charge in [0.25, 0.3) is 0 Å². The number of ether oxygens (including phenoxy) is 2. The molecule has 96 valence electrons. The Morgan fingerprint density at radius 2 is 2.06 bits per heavy atom. The Balaban J connectivity index is 1.89. The van der Waals surface area contributed by atoms with Crippen LogP contribution in [0, 0.1) is 0 Å². The highest BCUT2D eigenvalue weighted by Crippen LogP contribution is 2.31. The molecule has 4 heteroatoms. The molecule has 0 radical (unpaired) electrons. The second-order valence-corrected chi connectivity index (χ2v) is 4.09. The third-order valence-corrected chi connectivity index (χ3v) is 2.64. The lowest BCUT2D eigenvalue weighted by atomic mass is 10.1. The fraction of sp³-hybridized carbons (Fsp3) is 0.357. The van der Waals surface area contributed by atoms with Crippen molar-refractivity contribution in [2.24, 2.45) is 0 Å². The first-order valence-electron chi connectivity index (χ1n) is 6.04. The van der Waals surface area contributed by atoms with E-state index in [2.05, 4.69) is 0 Å². The zero-order valence-corrected chi connectivity index (χ0v) is 10.1. The molecule has 0 aliphatic carbocycles. The van der Waals surface area contributed by atoms with E-state index in [-0.39, 0.29) is 6.42 Å². The molecule has 1 N–H and O–H groups in total. The van der Waals surface area contributed by atoms with Gasteiger partial charge in [-0.05, 0) is 30.5 Å². The summed E-state index contributed by atoms with van der Waals surface area (Å²) >= 11 is 0. The molecule has 1 heterocycles. The molecule has 1 aliphatic heterocycles. The van der Waals surface area contributed by atoms with Crippen LogP contribution < -0.4 is 9.47 Å². The fourth-order valence-corrected chi connectivity index (χ4v) is 1.75. The van der Waals surface area contributed by atoms with E-state index in [0.29, 0.717) is 19.6 Å². The molecule has 0 unspecified atom stereocenters. The largest absolute Gasteiger partial charge is 0.486 e. The molecule has 1 aromatic rings. The van der Waals surface area contributed by atoms with Crippen molar-refractivity contribution < 1.29 is 19.4 Å². The van der Waals surface area contributed by atoms with E-state index in [1.165, 1.54) is 0 Å². The first-order valence-corrected chi connectivity index (χ1v) is 6.04. The molecule has 0 fully saturated rings. The van der Waals surface area contributed by atoms with Crippen molar-refractivity contribution in [2.45, 2.75) is 19.3 Å². The van der Waals surface area contributed by atoms with Gasteiger partial charge in [0, 0.05) is 6.42 Å². The van der Waals surface area contributed by atoms with Crippen LogP contribution in [0.25, 0.3) is 6.08 Å². The van der Waals surface area contributed by atoms with E-state index < -0.39 is 5.97 Å². The molecule has 0 bridgehead atoms. The summed E-state index contributed by atoms with van der Waals surface area (Å²) < 4.78 is 10.9. The van der Waals surface area contributed by atoms with E-state index in [1.54, 1.807) is 0 Å². The predicted molar refractivity (Wildman–Crippen MR) is 68.0 cm³/mol. The second kappa shape index (κ2) is 6.10. The van der Waals surface area contributed by atoms with Gasteiger partial charge in [0.05, 0.1) is 0 Å². The van der Waals surface area contributed by atoms with Crippen LogP contribution in [0.4, 0.5) is 0 Å². The summed E-state index contributed by atoms with van der Waals surface area (Å²) in [4.78, 5) is 10.3. The highest BCUT2D eigenvalue weighted by atomic mass is 16.6. The highest BCUT2D eigenvalue weighted by molar-refractivity contribution is 5.66. The molecule has 0 atom stereocenters. The van der Waals surface area contributed by atoms with Crippen molar-refractivity contribution in [2.75, 3.05) is 13.2 Å². The van der Waals surface area contributed by atoms with Crippen molar-refractivity contribution in [3.05, 3.63) is 29.8 Å². The van der Waals surface area contributed by atoms with E-state index >= 15 is 0 Å². The number of benzene rings is 1. The zero-order valence-electron chi connectivity index (χ0n) is 10.1. The van der Waals surface area contributed by atoms with Gasteiger partial charge >= 0.3 is 5.97 Å². The lowest BCUT2D eigenvalue weighted by Crippen LogP contribution is -2.15. The molecule has 0 amide bonds. The first-order chi connectivity index (χ1) is 8.75. The lowest BCUT2D eigenvalue weighted by Gasteiger charge is -2.18. The zero-order chi connectivity index (χ0) is 12.8. The SMILES string of the molecule is O=C(O)CCC/C=C/c1ccc2c(c1)OCCO2. The average molecular weight is 248 g/mol. The van der Waals surface area contributed by atoms with Gasteiger partial charge in [-0.1, -0.05) is 18.2 Å². The van der Waals surface area contributed by atoms with Crippen molar-refractivity contribution in [1.82, 2.24) is 0 Å². The molecule has 18 heavy (non-hydrogen) atoms. The Hall–Kier alpha value is -1.97. The molecule has 1 aliphatic rings. The van der Waals surface area contributed by atoms with Crippen LogP contribution >= 0.6 is 0 Å². The van der Waals surface area contributed by atoms with Gasteiger partial charge in [-0.3, -0.25) is 4.79 Å². The number of unbranched alkanes of at least 4 members (excludes halogenated alkanes) is 1. The van der Waals surface area contributed by atoms with Crippen molar-refractivity contribution >= 4 is 12.0 Å². The lowest BCUT2D eigenvalue weighted by molar-refractivity contribution is -0.137. The standard InChI is InChI=1S/C14H16O4/c15-14(16)5-3-1-2-4-11-6-7-12-13(10-11)18-9-8-17-12/h2,4,6-7,10H,1,3,5,8-9H2,(H,15,16)/b4-2+. The first kappa shape index (κ1) is 12.5. The maximum absolute atomic E-state index is 10.3. The Bertz CT molecular complexity index is 451. The fourth-order valence-electron chi connectivity index (χ4n) is 1.75. The molecule has 1 aromatic carbocycles. The summed E-state index contributed by atoms with van der Waals surface area (Å²) in [5.41, 5.74) is 1.04. The van der Waals surface area contributed by atoms with Crippen molar-refractivity contribution in [3.63, 3.8) is 0 Å². The van der Waals surface area contributed by atoms with Crippen LogP contribution in [0.2, 0.25) is 0 Å². The van der Waals surface area contributed by atoms with E-state index in [4.69, 9.17) is 14.6 Å². The van der Waals surface area contributed by atoms with Crippen molar-refractivity contribution in [3.8, 4) is 11.5 Å². The Morgan fingerprint density at radius 3 is 2.83 bits per heavy atom. The smallest absolute Gasteiger partial charge is 0.303 e. The summed E-state index contributed by atoms with van der Waals surface area (Å²) in [7, 11) is 0. The summed E-state index contributed by atoms with van der Waals surface area (Å²) in [5.74, 6) is 0.806. The summed E-state index contributed by atoms with van der Waals surface area (Å²) in [5, 5.41) is 8.51. The normalized spacial score (nSPS) is 13.8. The van der Waals surface area contributed by atoms with Gasteiger partial charge in [0.2, 0.25) is 0 Å². The monoisotopic (exact) mass is 248 g/mol. The maximum atomic E-state index is 10.3. The van der Waals surface area contributed by atoms with Crippen LogP contribution in [0.5, 0.6) is 11.5 Å². The molecule has 4 nitrogen and oxygen atoms in total. The summed E-state index contributed by atoms with van der Waals surface area (Å²) in [6.07, 6.45) is 5.59. The van der Waals surface area contributed by atoms with Crippen LogP contribution in [-0.2, 0) is 4.79 Å². The number of allylic oxidation sites excluding steroid dienone is 1. The molecule has 0 saturated heterocycles. The molecular formula is C14H16O4. The van der Waals surface area contributed by atoms with Crippen molar-refractivity contribution in [1.29, 1.82) is 0 Å². The maximum Gasteiger partial charge on any atom is 0.303 e. The van der Waals surface area contributed by atoms with Gasteiger partial charge in [0.15, 0.2) is 11.5 Å². The number of hydrogen-bond acceptors (Lipinski definition) is 3. The number of fused-ring (bicyclic) bond motifs is 1. The Kier molecular flexibility index (Phi) is 4.23. The summed E-state index contributed by atoms with van der Waals surface area (Å²) in [6.45, 7) is 1.18. The average Bonchev–Trinajstić information content (AvgIpc) is 2.38. The number of rotatable bonds is 5. The third kappa shape index (κ3) is 3.52. The number of aliphatic carboxylic acids is 1. The van der Waals surface area contributed by atoms with Crippen LogP contribution in [0.1, 0.15) is 24.8 Å². The quantitative estimate of drug-likeness (QED) is 0.814. The highest BCUT2D eigenvalue weighted by Gasteiger charge is 2.10. The van der Waals surface area contributed by atoms with Gasteiger partial charge in [-0.15, -0.1) is 0 Å². The van der Waals surface area contributed by atoms with E-state index in [1.807, 2.05) is 30.4 Å². The van der Waals surface area contributed by atoms with Crippen LogP contribution in [-0.4, -0.2) is 24.3 Å². The summed E-state index contributed by atoms with van der Waals surface area (Å²) in [6, 6.07) is 5.79. The van der Waals surface area contributed by atoms with Crippen LogP contribution in [0.15, 0.2) is 24.3 Å². The Labute approximate surface area is 106 Å². The second-order valence-electron chi connectivity index (χ2n) is 4.09. The minimum atomic E-state index is -0.747. The van der Waals surface area contributed by atoms with Gasteiger partial charge in [-0.2, -0.15) is 0 Å². The molecule has 0 saturated carbocycles. The molecule has 0 spiro atoms. The Morgan fingerprint density at radius 1 is 1.28 bits per heavy atom. The van der Waals surface area contributed by atoms with Gasteiger partial charge in [0.1, 0.15) is 13.2 Å². The minimum Gasteiger partial charge on any atom is -0.486 e. The van der Waals surface area contributed by atoms with Gasteiger partial charge in [-0.25, -0.2) is 0 Å². The van der Waals surface area contributed by atoms with Crippen LogP contribution in [0.3, 0.4) is 0 Å². The molecule has 0 aromatic heterocycles. The van der Waals surface area contributed by atoms with E-state index in [0.717, 1.165) is 23.5 Å².